The van der Waals surface area contributed by atoms with E-state index in [0.717, 1.165) is 18.5 Å². The van der Waals surface area contributed by atoms with E-state index in [1.165, 1.54) is 19.3 Å². The minimum Gasteiger partial charge on any atom is -0.365 e. The fourth-order valence-corrected chi connectivity index (χ4v) is 3.82. The lowest BCUT2D eigenvalue weighted by Gasteiger charge is -2.49. The highest BCUT2D eigenvalue weighted by Gasteiger charge is 2.37. The zero-order valence-electron chi connectivity index (χ0n) is 10.8. The second-order valence-electron chi connectivity index (χ2n) is 5.65. The molecule has 0 aliphatic carbocycles. The molecule has 2 N–H and O–H groups in total. The van der Waals surface area contributed by atoms with E-state index in [4.69, 9.17) is 22.6 Å². The molecule has 0 saturated carbocycles. The molecule has 100 valence electrons. The lowest BCUT2D eigenvalue weighted by molar-refractivity contribution is 0.271. The first-order valence-electron chi connectivity index (χ1n) is 6.92. The van der Waals surface area contributed by atoms with Crippen LogP contribution in [0.1, 0.15) is 37.7 Å². The van der Waals surface area contributed by atoms with E-state index >= 15 is 0 Å². The largest absolute Gasteiger partial charge is 0.365 e. The number of hydrogen-bond acceptors (Lipinski definition) is 3. The molecule has 4 heteroatoms. The molecule has 2 unspecified atom stereocenters. The number of nitrogens with two attached hydrogens (primary N) is 1. The van der Waals surface area contributed by atoms with Crippen LogP contribution in [-0.4, -0.2) is 18.1 Å². The van der Waals surface area contributed by atoms with Crippen molar-refractivity contribution in [1.82, 2.24) is 0 Å². The summed E-state index contributed by atoms with van der Waals surface area (Å²) in [5.74, 6) is 0. The number of fused-ring (bicyclic) bond motifs is 2. The minimum atomic E-state index is 0.334. The van der Waals surface area contributed by atoms with Crippen LogP contribution in [0.3, 0.4) is 0 Å². The highest BCUT2D eigenvalue weighted by molar-refractivity contribution is 6.32. The summed E-state index contributed by atoms with van der Waals surface area (Å²) in [7, 11) is 0. The highest BCUT2D eigenvalue weighted by atomic mass is 35.5. The van der Waals surface area contributed by atoms with Crippen LogP contribution in [0.25, 0.3) is 0 Å². The molecule has 0 spiro atoms. The third-order valence-corrected chi connectivity index (χ3v) is 4.70. The summed E-state index contributed by atoms with van der Waals surface area (Å²) in [6, 6.07) is 9.29. The Balaban J connectivity index is 1.93. The van der Waals surface area contributed by atoms with Crippen LogP contribution in [-0.2, 0) is 0 Å². The Kier molecular flexibility index (Phi) is 3.38. The number of rotatable bonds is 1. The number of hydrogen-bond donors (Lipinski definition) is 1. The maximum atomic E-state index is 8.95. The van der Waals surface area contributed by atoms with Gasteiger partial charge < -0.3 is 10.6 Å². The average molecular weight is 276 g/mol. The van der Waals surface area contributed by atoms with Crippen molar-refractivity contribution in [2.75, 3.05) is 4.90 Å². The van der Waals surface area contributed by atoms with Crippen molar-refractivity contribution in [2.45, 2.75) is 50.2 Å². The Morgan fingerprint density at radius 3 is 2.53 bits per heavy atom. The smallest absolute Gasteiger partial charge is 0.101 e. The molecule has 1 aromatic rings. The lowest BCUT2D eigenvalue weighted by atomic mass is 9.81. The summed E-state index contributed by atoms with van der Waals surface area (Å²) in [5.41, 5.74) is 7.83. The van der Waals surface area contributed by atoms with Gasteiger partial charge in [0.1, 0.15) is 6.07 Å². The van der Waals surface area contributed by atoms with Crippen LogP contribution in [0.5, 0.6) is 0 Å². The molecule has 2 aliphatic heterocycles. The van der Waals surface area contributed by atoms with Crippen molar-refractivity contribution in [2.24, 2.45) is 5.73 Å². The molecule has 0 radical (unpaired) electrons. The van der Waals surface area contributed by atoms with Crippen molar-refractivity contribution in [3.05, 3.63) is 28.8 Å². The van der Waals surface area contributed by atoms with Crippen LogP contribution in [0.2, 0.25) is 5.02 Å². The van der Waals surface area contributed by atoms with Gasteiger partial charge in [0.05, 0.1) is 10.6 Å². The lowest BCUT2D eigenvalue weighted by Crippen LogP contribution is -2.55. The first-order valence-corrected chi connectivity index (χ1v) is 7.30. The molecule has 0 amide bonds. The second-order valence-corrected chi connectivity index (χ2v) is 6.06. The van der Waals surface area contributed by atoms with E-state index < -0.39 is 0 Å². The molecule has 2 bridgehead atoms. The van der Waals surface area contributed by atoms with E-state index in [0.29, 0.717) is 28.7 Å². The van der Waals surface area contributed by atoms with Crippen molar-refractivity contribution >= 4 is 17.3 Å². The van der Waals surface area contributed by atoms with Gasteiger partial charge in [-0.2, -0.15) is 5.26 Å². The van der Waals surface area contributed by atoms with Gasteiger partial charge in [0.2, 0.25) is 0 Å². The molecular formula is C15H18ClN3. The monoisotopic (exact) mass is 275 g/mol. The summed E-state index contributed by atoms with van der Waals surface area (Å²) in [6.07, 6.45) is 5.84. The number of nitrogens with zero attached hydrogens (tertiary/aromatic N) is 2. The number of anilines is 1. The van der Waals surface area contributed by atoms with E-state index in [1.54, 1.807) is 0 Å². The second kappa shape index (κ2) is 5.03. The van der Waals surface area contributed by atoms with Crippen molar-refractivity contribution < 1.29 is 0 Å². The van der Waals surface area contributed by atoms with Gasteiger partial charge in [0, 0.05) is 23.8 Å². The zero-order valence-corrected chi connectivity index (χ0v) is 11.6. The summed E-state index contributed by atoms with van der Waals surface area (Å²) < 4.78 is 0. The molecule has 2 saturated heterocycles. The van der Waals surface area contributed by atoms with Crippen molar-refractivity contribution in [3.63, 3.8) is 0 Å². The summed E-state index contributed by atoms with van der Waals surface area (Å²) in [6.45, 7) is 0. The van der Waals surface area contributed by atoms with Gasteiger partial charge in [-0.1, -0.05) is 11.6 Å². The Labute approximate surface area is 118 Å². The van der Waals surface area contributed by atoms with Crippen LogP contribution >= 0.6 is 11.6 Å². The average Bonchev–Trinajstić information content (AvgIpc) is 2.37. The van der Waals surface area contributed by atoms with Crippen molar-refractivity contribution in [1.29, 1.82) is 5.26 Å². The molecule has 1 aromatic carbocycles. The number of benzene rings is 1. The third-order valence-electron chi connectivity index (χ3n) is 4.38. The Morgan fingerprint density at radius 2 is 1.95 bits per heavy atom. The Hall–Kier alpha value is -1.24. The predicted molar refractivity (Wildman–Crippen MR) is 77.3 cm³/mol. The standard InChI is InChI=1S/C15H18ClN3/c16-15-8-14(5-4-10(15)9-17)19-12-2-1-3-13(19)7-11(18)6-12/h4-5,8,11-13H,1-3,6-7,18H2. The van der Waals surface area contributed by atoms with Gasteiger partial charge >= 0.3 is 0 Å². The summed E-state index contributed by atoms with van der Waals surface area (Å²) in [4.78, 5) is 2.49. The van der Waals surface area contributed by atoms with Crippen LogP contribution in [0.15, 0.2) is 18.2 Å². The normalized spacial score (nSPS) is 29.9. The van der Waals surface area contributed by atoms with E-state index in [1.807, 2.05) is 18.2 Å². The molecular weight excluding hydrogens is 258 g/mol. The van der Waals surface area contributed by atoms with E-state index in [9.17, 15) is 0 Å². The van der Waals surface area contributed by atoms with E-state index in [2.05, 4.69) is 11.0 Å². The van der Waals surface area contributed by atoms with E-state index in [-0.39, 0.29) is 0 Å². The van der Waals surface area contributed by atoms with Gasteiger partial charge in [0.15, 0.2) is 0 Å². The molecule has 2 atom stereocenters. The molecule has 3 rings (SSSR count). The molecule has 2 fully saturated rings. The quantitative estimate of drug-likeness (QED) is 0.857. The first-order chi connectivity index (χ1) is 9.19. The number of piperidine rings is 2. The fourth-order valence-electron chi connectivity index (χ4n) is 3.60. The van der Waals surface area contributed by atoms with Gasteiger partial charge in [-0.3, -0.25) is 0 Å². The van der Waals surface area contributed by atoms with Gasteiger partial charge in [-0.05, 0) is 50.3 Å². The SMILES string of the molecule is N#Cc1ccc(N2C3CCCC2CC(N)C3)cc1Cl. The van der Waals surface area contributed by atoms with Gasteiger partial charge in [-0.25, -0.2) is 0 Å². The number of halogens is 1. The van der Waals surface area contributed by atoms with Crippen LogP contribution in [0, 0.1) is 11.3 Å². The number of nitriles is 1. The van der Waals surface area contributed by atoms with Gasteiger partial charge in [0.25, 0.3) is 0 Å². The van der Waals surface area contributed by atoms with Crippen LogP contribution < -0.4 is 10.6 Å². The zero-order chi connectivity index (χ0) is 13.4. The third kappa shape index (κ3) is 2.31. The Morgan fingerprint density at radius 1 is 1.26 bits per heavy atom. The Bertz CT molecular complexity index is 509. The molecule has 19 heavy (non-hydrogen) atoms. The summed E-state index contributed by atoms with van der Waals surface area (Å²) >= 11 is 6.16. The van der Waals surface area contributed by atoms with Crippen molar-refractivity contribution in [3.8, 4) is 6.07 Å². The molecule has 2 heterocycles. The maximum Gasteiger partial charge on any atom is 0.101 e. The highest BCUT2D eigenvalue weighted by Crippen LogP contribution is 2.38. The molecule has 2 aliphatic rings. The van der Waals surface area contributed by atoms with Crippen LogP contribution in [0.4, 0.5) is 5.69 Å². The topological polar surface area (TPSA) is 53.0 Å². The maximum absolute atomic E-state index is 8.95. The summed E-state index contributed by atoms with van der Waals surface area (Å²) in [5, 5.41) is 9.50. The minimum absolute atomic E-state index is 0.334. The first kappa shape index (κ1) is 12.8. The predicted octanol–water partition coefficient (Wildman–Crippen LogP) is 3.06. The molecule has 3 nitrogen and oxygen atoms in total. The molecule has 0 aromatic heterocycles. The van der Waals surface area contributed by atoms with Gasteiger partial charge in [-0.15, -0.1) is 0 Å². The fraction of sp³-hybridized carbons (Fsp3) is 0.533.